The van der Waals surface area contributed by atoms with Gasteiger partial charge in [-0.15, -0.1) is 16.4 Å². The van der Waals surface area contributed by atoms with E-state index in [4.69, 9.17) is 0 Å². The van der Waals surface area contributed by atoms with Crippen molar-refractivity contribution < 1.29 is 4.79 Å². The average molecular weight is 389 g/mol. The molecule has 1 N–H and O–H groups in total. The minimum Gasteiger partial charge on any atom is -0.352 e. The summed E-state index contributed by atoms with van der Waals surface area (Å²) in [6.07, 6.45) is 4.21. The Balaban J connectivity index is 1.79. The number of fused-ring (bicyclic) bond motifs is 3. The normalized spacial score (nSPS) is 15.4. The van der Waals surface area contributed by atoms with Gasteiger partial charge < -0.3 is 5.32 Å². The number of nitrogens with zero attached hydrogens (tertiary/aromatic N) is 4. The van der Waals surface area contributed by atoms with Gasteiger partial charge >= 0.3 is 5.69 Å². The number of carbonyl (C=O) groups is 1. The summed E-state index contributed by atoms with van der Waals surface area (Å²) in [6, 6.07) is 1.94. The number of amides is 1. The summed E-state index contributed by atoms with van der Waals surface area (Å²) in [5.74, 6) is 0.292. The molecule has 9 heteroatoms. The van der Waals surface area contributed by atoms with Crippen molar-refractivity contribution in [3.8, 4) is 0 Å². The van der Waals surface area contributed by atoms with Crippen molar-refractivity contribution >= 4 is 33.2 Å². The van der Waals surface area contributed by atoms with Gasteiger partial charge in [0.05, 0.1) is 5.52 Å². The van der Waals surface area contributed by atoms with E-state index in [1.54, 1.807) is 11.4 Å². The van der Waals surface area contributed by atoms with Gasteiger partial charge in [-0.05, 0) is 30.2 Å². The summed E-state index contributed by atoms with van der Waals surface area (Å²) in [7, 11) is 0. The SMILES string of the molecule is CC(C)Cn1c(=O)c2sccc2n2c(=O)n(CC(=O)NC3CCCC3)nc12. The van der Waals surface area contributed by atoms with E-state index in [2.05, 4.69) is 10.4 Å². The van der Waals surface area contributed by atoms with Crippen LogP contribution >= 0.6 is 11.3 Å². The molecule has 1 aliphatic rings. The Morgan fingerprint density at radius 1 is 1.33 bits per heavy atom. The number of carbonyl (C=O) groups excluding carboxylic acids is 1. The second-order valence-electron chi connectivity index (χ2n) is 7.57. The average Bonchev–Trinajstić information content (AvgIpc) is 3.33. The number of thiophene rings is 1. The summed E-state index contributed by atoms with van der Waals surface area (Å²) in [4.78, 5) is 38.1. The number of hydrogen-bond donors (Lipinski definition) is 1. The molecule has 144 valence electrons. The molecule has 4 rings (SSSR count). The highest BCUT2D eigenvalue weighted by Gasteiger charge is 2.21. The predicted octanol–water partition coefficient (Wildman–Crippen LogP) is 1.59. The van der Waals surface area contributed by atoms with Gasteiger partial charge in [0, 0.05) is 12.6 Å². The lowest BCUT2D eigenvalue weighted by Gasteiger charge is -2.11. The lowest BCUT2D eigenvalue weighted by atomic mass is 10.2. The van der Waals surface area contributed by atoms with Crippen LogP contribution in [0.15, 0.2) is 21.0 Å². The molecule has 1 aliphatic carbocycles. The van der Waals surface area contributed by atoms with Crippen LogP contribution in [0.4, 0.5) is 0 Å². The smallest absolute Gasteiger partial charge is 0.352 e. The highest BCUT2D eigenvalue weighted by atomic mass is 32.1. The molecule has 1 fully saturated rings. The molecular formula is C18H23N5O3S. The van der Waals surface area contributed by atoms with Crippen LogP contribution < -0.4 is 16.6 Å². The molecule has 0 aliphatic heterocycles. The summed E-state index contributed by atoms with van der Waals surface area (Å²) in [6.45, 7) is 4.33. The topological polar surface area (TPSA) is 90.4 Å². The number of rotatable bonds is 5. The Labute approximate surface area is 159 Å². The molecule has 1 saturated carbocycles. The second kappa shape index (κ2) is 6.95. The van der Waals surface area contributed by atoms with Crippen molar-refractivity contribution in [2.24, 2.45) is 5.92 Å². The van der Waals surface area contributed by atoms with E-state index in [-0.39, 0.29) is 30.0 Å². The molecule has 1 amide bonds. The van der Waals surface area contributed by atoms with Crippen molar-refractivity contribution in [3.63, 3.8) is 0 Å². The third-order valence-electron chi connectivity index (χ3n) is 4.95. The fraction of sp³-hybridized carbons (Fsp3) is 0.556. The minimum absolute atomic E-state index is 0.140. The molecule has 0 radical (unpaired) electrons. The van der Waals surface area contributed by atoms with Crippen LogP contribution in [0.5, 0.6) is 0 Å². The molecular weight excluding hydrogens is 366 g/mol. The van der Waals surface area contributed by atoms with Gasteiger partial charge in [0.2, 0.25) is 11.7 Å². The van der Waals surface area contributed by atoms with Crippen LogP contribution in [0.2, 0.25) is 0 Å². The summed E-state index contributed by atoms with van der Waals surface area (Å²) in [5.41, 5.74) is 0.00805. The maximum Gasteiger partial charge on any atom is 0.352 e. The van der Waals surface area contributed by atoms with Crippen LogP contribution in [-0.4, -0.2) is 30.7 Å². The van der Waals surface area contributed by atoms with Gasteiger partial charge in [0.25, 0.3) is 5.56 Å². The second-order valence-corrected chi connectivity index (χ2v) is 8.49. The van der Waals surface area contributed by atoms with E-state index in [1.165, 1.54) is 20.3 Å². The van der Waals surface area contributed by atoms with E-state index in [1.807, 2.05) is 13.8 Å². The lowest BCUT2D eigenvalue weighted by molar-refractivity contribution is -0.122. The van der Waals surface area contributed by atoms with Crippen molar-refractivity contribution in [2.45, 2.75) is 58.7 Å². The van der Waals surface area contributed by atoms with Gasteiger partial charge in [0.15, 0.2) is 0 Å². The molecule has 27 heavy (non-hydrogen) atoms. The van der Waals surface area contributed by atoms with E-state index >= 15 is 0 Å². The molecule has 0 spiro atoms. The Kier molecular flexibility index (Phi) is 4.63. The standard InChI is InChI=1S/C18H23N5O3S/c1-11(2)9-21-16(25)15-13(7-8-27-15)23-17(21)20-22(18(23)26)10-14(24)19-12-5-3-4-6-12/h7-8,11-12H,3-6,9-10H2,1-2H3,(H,19,24). The monoisotopic (exact) mass is 389 g/mol. The van der Waals surface area contributed by atoms with Gasteiger partial charge in [-0.3, -0.25) is 14.2 Å². The fourth-order valence-corrected chi connectivity index (χ4v) is 4.57. The highest BCUT2D eigenvalue weighted by Crippen LogP contribution is 2.18. The first-order valence-electron chi connectivity index (χ1n) is 9.34. The van der Waals surface area contributed by atoms with E-state index in [0.717, 1.165) is 30.4 Å². The number of aromatic nitrogens is 4. The Morgan fingerprint density at radius 2 is 2.07 bits per heavy atom. The van der Waals surface area contributed by atoms with Crippen LogP contribution in [0, 0.1) is 5.92 Å². The zero-order valence-electron chi connectivity index (χ0n) is 15.5. The molecule has 0 atom stereocenters. The molecule has 0 bridgehead atoms. The maximum atomic E-state index is 12.9. The van der Waals surface area contributed by atoms with E-state index in [0.29, 0.717) is 22.5 Å². The van der Waals surface area contributed by atoms with Crippen LogP contribution in [0.25, 0.3) is 16.0 Å². The molecule has 8 nitrogen and oxygen atoms in total. The van der Waals surface area contributed by atoms with Crippen molar-refractivity contribution in [2.75, 3.05) is 0 Å². The first kappa shape index (κ1) is 18.0. The highest BCUT2D eigenvalue weighted by molar-refractivity contribution is 7.17. The summed E-state index contributed by atoms with van der Waals surface area (Å²) in [5, 5.41) is 9.11. The van der Waals surface area contributed by atoms with Crippen molar-refractivity contribution in [1.29, 1.82) is 0 Å². The lowest BCUT2D eigenvalue weighted by Crippen LogP contribution is -2.37. The predicted molar refractivity (Wildman–Crippen MR) is 104 cm³/mol. The number of hydrogen-bond acceptors (Lipinski definition) is 5. The van der Waals surface area contributed by atoms with E-state index in [9.17, 15) is 14.4 Å². The first-order valence-corrected chi connectivity index (χ1v) is 10.2. The Bertz CT molecular complexity index is 1110. The fourth-order valence-electron chi connectivity index (χ4n) is 3.75. The zero-order valence-corrected chi connectivity index (χ0v) is 16.3. The summed E-state index contributed by atoms with van der Waals surface area (Å²) >= 11 is 1.31. The summed E-state index contributed by atoms with van der Waals surface area (Å²) < 4.78 is 4.67. The maximum absolute atomic E-state index is 12.9. The molecule has 3 aromatic heterocycles. The van der Waals surface area contributed by atoms with E-state index < -0.39 is 5.69 Å². The Morgan fingerprint density at radius 3 is 2.78 bits per heavy atom. The molecule has 0 unspecified atom stereocenters. The van der Waals surface area contributed by atoms with Crippen molar-refractivity contribution in [1.82, 2.24) is 24.1 Å². The van der Waals surface area contributed by atoms with Gasteiger partial charge in [-0.25, -0.2) is 13.9 Å². The molecule has 0 saturated heterocycles. The largest absolute Gasteiger partial charge is 0.352 e. The number of nitrogens with one attached hydrogen (secondary N) is 1. The molecule has 0 aromatic carbocycles. The zero-order chi connectivity index (χ0) is 19.1. The third kappa shape index (κ3) is 3.20. The first-order chi connectivity index (χ1) is 13.0. The Hall–Kier alpha value is -2.42. The van der Waals surface area contributed by atoms with Crippen LogP contribution in [-0.2, 0) is 17.9 Å². The van der Waals surface area contributed by atoms with Gasteiger partial charge in [-0.2, -0.15) is 0 Å². The quantitative estimate of drug-likeness (QED) is 0.717. The van der Waals surface area contributed by atoms with Gasteiger partial charge in [-0.1, -0.05) is 26.7 Å². The van der Waals surface area contributed by atoms with Crippen LogP contribution in [0.3, 0.4) is 0 Å². The van der Waals surface area contributed by atoms with Crippen molar-refractivity contribution in [3.05, 3.63) is 32.3 Å². The minimum atomic E-state index is -0.396. The third-order valence-corrected chi connectivity index (χ3v) is 5.84. The molecule has 3 heterocycles. The molecule has 3 aromatic rings. The van der Waals surface area contributed by atoms with Gasteiger partial charge in [0.1, 0.15) is 11.2 Å². The van der Waals surface area contributed by atoms with Crippen LogP contribution in [0.1, 0.15) is 39.5 Å².